The van der Waals surface area contributed by atoms with Gasteiger partial charge in [0, 0.05) is 12.1 Å². The number of nitrogens with two attached hydrogens (primary N) is 1. The number of carbonyl (C=O) groups is 2. The molecular weight excluding hydrogens is 228 g/mol. The average Bonchev–Trinajstić information content (AvgIpc) is 2.69. The molecule has 1 unspecified atom stereocenters. The zero-order valence-electron chi connectivity index (χ0n) is 10.2. The molecule has 1 atom stereocenters. The monoisotopic (exact) mass is 244 g/mol. The highest BCUT2D eigenvalue weighted by molar-refractivity contribution is 5.95. The molecule has 1 spiro atoms. The number of primary amides is 1. The largest absolute Gasteiger partial charge is 0.366 e. The lowest BCUT2D eigenvalue weighted by atomic mass is 9.70. The molecule has 3 rings (SSSR count). The van der Waals surface area contributed by atoms with E-state index in [1.165, 1.54) is 0 Å². The Hall–Kier alpha value is -1.84. The van der Waals surface area contributed by atoms with Crippen molar-refractivity contribution in [3.63, 3.8) is 0 Å². The summed E-state index contributed by atoms with van der Waals surface area (Å²) >= 11 is 0. The van der Waals surface area contributed by atoms with Crippen molar-refractivity contribution in [3.05, 3.63) is 34.9 Å². The second-order valence-electron chi connectivity index (χ2n) is 5.27. The third-order valence-corrected chi connectivity index (χ3v) is 4.29. The normalized spacial score (nSPS) is 25.9. The molecule has 94 valence electrons. The molecule has 0 bridgehead atoms. The van der Waals surface area contributed by atoms with Gasteiger partial charge >= 0.3 is 0 Å². The molecule has 1 aliphatic heterocycles. The number of amides is 2. The van der Waals surface area contributed by atoms with Crippen LogP contribution in [0.4, 0.5) is 0 Å². The van der Waals surface area contributed by atoms with Gasteiger partial charge in [0.25, 0.3) is 0 Å². The lowest BCUT2D eigenvalue weighted by Crippen LogP contribution is -2.37. The van der Waals surface area contributed by atoms with E-state index < -0.39 is 0 Å². The molecule has 4 heteroatoms. The van der Waals surface area contributed by atoms with Crippen molar-refractivity contribution in [1.29, 1.82) is 0 Å². The average molecular weight is 244 g/mol. The van der Waals surface area contributed by atoms with E-state index in [1.807, 2.05) is 12.1 Å². The molecule has 1 saturated heterocycles. The highest BCUT2D eigenvalue weighted by atomic mass is 16.2. The van der Waals surface area contributed by atoms with Gasteiger partial charge in [-0.1, -0.05) is 12.1 Å². The van der Waals surface area contributed by atoms with Gasteiger partial charge in [-0.25, -0.2) is 0 Å². The van der Waals surface area contributed by atoms with Crippen LogP contribution in [0.25, 0.3) is 0 Å². The summed E-state index contributed by atoms with van der Waals surface area (Å²) in [5.74, 6) is -0.212. The first-order valence-corrected chi connectivity index (χ1v) is 6.31. The minimum atomic E-state index is -0.376. The van der Waals surface area contributed by atoms with Crippen molar-refractivity contribution in [1.82, 2.24) is 5.32 Å². The molecule has 0 saturated carbocycles. The van der Waals surface area contributed by atoms with Gasteiger partial charge in [-0.2, -0.15) is 0 Å². The van der Waals surface area contributed by atoms with Gasteiger partial charge in [-0.15, -0.1) is 0 Å². The van der Waals surface area contributed by atoms with Gasteiger partial charge in [0.1, 0.15) is 0 Å². The lowest BCUT2D eigenvalue weighted by molar-refractivity contribution is -0.128. The summed E-state index contributed by atoms with van der Waals surface area (Å²) < 4.78 is 0. The molecule has 1 fully saturated rings. The maximum absolute atomic E-state index is 12.0. The van der Waals surface area contributed by atoms with Crippen molar-refractivity contribution < 1.29 is 9.59 Å². The number of hydrogen-bond acceptors (Lipinski definition) is 2. The summed E-state index contributed by atoms with van der Waals surface area (Å²) in [4.78, 5) is 23.4. The van der Waals surface area contributed by atoms with Crippen LogP contribution in [-0.4, -0.2) is 18.4 Å². The van der Waals surface area contributed by atoms with Crippen LogP contribution < -0.4 is 11.1 Å². The summed E-state index contributed by atoms with van der Waals surface area (Å²) in [5, 5.41) is 2.92. The summed E-state index contributed by atoms with van der Waals surface area (Å²) in [5.41, 5.74) is 7.90. The second-order valence-corrected chi connectivity index (χ2v) is 5.27. The van der Waals surface area contributed by atoms with Gasteiger partial charge in [0.15, 0.2) is 0 Å². The molecule has 4 nitrogen and oxygen atoms in total. The number of carbonyl (C=O) groups excluding carboxylic acids is 2. The Kier molecular flexibility index (Phi) is 2.40. The number of nitrogens with one attached hydrogen (secondary N) is 1. The Morgan fingerprint density at radius 2 is 2.17 bits per heavy atom. The zero-order chi connectivity index (χ0) is 12.8. The number of benzene rings is 1. The van der Waals surface area contributed by atoms with Crippen molar-refractivity contribution in [3.8, 4) is 0 Å². The van der Waals surface area contributed by atoms with Gasteiger partial charge < -0.3 is 11.1 Å². The minimum Gasteiger partial charge on any atom is -0.366 e. The SMILES string of the molecule is NC(=O)c1cccc2c1CCC1(CCNC1=O)C2. The fraction of sp³-hybridized carbons (Fsp3) is 0.429. The highest BCUT2D eigenvalue weighted by Gasteiger charge is 2.44. The first-order valence-electron chi connectivity index (χ1n) is 6.31. The van der Waals surface area contributed by atoms with Crippen LogP contribution in [0.15, 0.2) is 18.2 Å². The van der Waals surface area contributed by atoms with Gasteiger partial charge in [-0.05, 0) is 42.9 Å². The van der Waals surface area contributed by atoms with E-state index >= 15 is 0 Å². The number of rotatable bonds is 1. The lowest BCUT2D eigenvalue weighted by Gasteiger charge is -2.32. The Bertz CT molecular complexity index is 539. The van der Waals surface area contributed by atoms with E-state index in [4.69, 9.17) is 5.73 Å². The highest BCUT2D eigenvalue weighted by Crippen LogP contribution is 2.41. The number of fused-ring (bicyclic) bond motifs is 1. The van der Waals surface area contributed by atoms with Gasteiger partial charge in [-0.3, -0.25) is 9.59 Å². The van der Waals surface area contributed by atoms with Crippen molar-refractivity contribution >= 4 is 11.8 Å². The van der Waals surface area contributed by atoms with Crippen LogP contribution in [-0.2, 0) is 17.6 Å². The third-order valence-electron chi connectivity index (χ3n) is 4.29. The topological polar surface area (TPSA) is 72.2 Å². The molecule has 3 N–H and O–H groups in total. The summed E-state index contributed by atoms with van der Waals surface area (Å²) in [6, 6.07) is 5.63. The first kappa shape index (κ1) is 11.3. The van der Waals surface area contributed by atoms with Crippen LogP contribution in [0.3, 0.4) is 0 Å². The van der Waals surface area contributed by atoms with E-state index in [0.717, 1.165) is 43.4 Å². The van der Waals surface area contributed by atoms with Crippen LogP contribution in [0, 0.1) is 5.41 Å². The Morgan fingerprint density at radius 3 is 2.83 bits per heavy atom. The zero-order valence-corrected chi connectivity index (χ0v) is 10.2. The van der Waals surface area contributed by atoms with Crippen LogP contribution in [0.2, 0.25) is 0 Å². The maximum Gasteiger partial charge on any atom is 0.248 e. The van der Waals surface area contributed by atoms with Crippen molar-refractivity contribution in [2.45, 2.75) is 25.7 Å². The molecule has 18 heavy (non-hydrogen) atoms. The quantitative estimate of drug-likeness (QED) is 0.766. The van der Waals surface area contributed by atoms with E-state index in [1.54, 1.807) is 6.07 Å². The molecule has 1 heterocycles. The van der Waals surface area contributed by atoms with E-state index in [2.05, 4.69) is 5.32 Å². The summed E-state index contributed by atoms with van der Waals surface area (Å²) in [6.07, 6.45) is 3.21. The van der Waals surface area contributed by atoms with E-state index in [0.29, 0.717) is 5.56 Å². The molecule has 1 aliphatic carbocycles. The van der Waals surface area contributed by atoms with Crippen LogP contribution >= 0.6 is 0 Å². The molecular formula is C14H16N2O2. The fourth-order valence-electron chi connectivity index (χ4n) is 3.27. The summed E-state index contributed by atoms with van der Waals surface area (Å²) in [6.45, 7) is 0.768. The predicted octanol–water partition coefficient (Wildman–Crippen LogP) is 0.780. The smallest absolute Gasteiger partial charge is 0.248 e. The summed E-state index contributed by atoms with van der Waals surface area (Å²) in [7, 11) is 0. The Morgan fingerprint density at radius 1 is 1.33 bits per heavy atom. The van der Waals surface area contributed by atoms with Crippen molar-refractivity contribution in [2.24, 2.45) is 11.1 Å². The molecule has 1 aromatic carbocycles. The standard InChI is InChI=1S/C14H16N2O2/c15-12(17)11-3-1-2-9-8-14(5-4-10(9)11)6-7-16-13(14)18/h1-3H,4-8H2,(H2,15,17)(H,16,18). The minimum absolute atomic E-state index is 0.164. The predicted molar refractivity (Wildman–Crippen MR) is 67.0 cm³/mol. The molecule has 1 aromatic rings. The molecule has 2 aliphatic rings. The molecule has 0 aromatic heterocycles. The third kappa shape index (κ3) is 1.52. The Balaban J connectivity index is 2.02. The molecule has 0 radical (unpaired) electrons. The van der Waals surface area contributed by atoms with E-state index in [9.17, 15) is 9.59 Å². The Labute approximate surface area is 106 Å². The second kappa shape index (κ2) is 3.83. The molecule has 2 amide bonds. The van der Waals surface area contributed by atoms with Gasteiger partial charge in [0.2, 0.25) is 11.8 Å². The van der Waals surface area contributed by atoms with Crippen LogP contribution in [0.1, 0.15) is 34.3 Å². The first-order chi connectivity index (χ1) is 8.62. The van der Waals surface area contributed by atoms with Gasteiger partial charge in [0.05, 0.1) is 5.41 Å². The maximum atomic E-state index is 12.0. The van der Waals surface area contributed by atoms with Crippen molar-refractivity contribution in [2.75, 3.05) is 6.54 Å². The van der Waals surface area contributed by atoms with E-state index in [-0.39, 0.29) is 17.2 Å². The fourth-order valence-corrected chi connectivity index (χ4v) is 3.27. The number of hydrogen-bond donors (Lipinski definition) is 2. The van der Waals surface area contributed by atoms with Crippen LogP contribution in [0.5, 0.6) is 0 Å².